The lowest BCUT2D eigenvalue weighted by molar-refractivity contribution is -0.123. The zero-order valence-corrected chi connectivity index (χ0v) is 16.3. The first-order valence-electron chi connectivity index (χ1n) is 8.15. The fourth-order valence-corrected chi connectivity index (χ4v) is 3.99. The van der Waals surface area contributed by atoms with Gasteiger partial charge in [-0.3, -0.25) is 15.0 Å². The monoisotopic (exact) mass is 415 g/mol. The zero-order chi connectivity index (χ0) is 16.3. The van der Waals surface area contributed by atoms with Crippen LogP contribution < -0.4 is 10.6 Å². The van der Waals surface area contributed by atoms with E-state index in [-0.39, 0.29) is 30.7 Å². The number of amides is 1. The molecule has 1 atom stereocenters. The van der Waals surface area contributed by atoms with Crippen LogP contribution in [0.3, 0.4) is 0 Å². The molecule has 1 aromatic heterocycles. The zero-order valence-electron chi connectivity index (χ0n) is 13.9. The molecular formula is C16H25Cl2F2N3OS. The quantitative estimate of drug-likeness (QED) is 0.776. The summed E-state index contributed by atoms with van der Waals surface area (Å²) in [6.45, 7) is 3.25. The summed E-state index contributed by atoms with van der Waals surface area (Å²) in [5.41, 5.74) is 0. The van der Waals surface area contributed by atoms with E-state index in [9.17, 15) is 13.6 Å². The van der Waals surface area contributed by atoms with Gasteiger partial charge in [0.05, 0.1) is 12.6 Å². The van der Waals surface area contributed by atoms with Crippen molar-refractivity contribution in [1.29, 1.82) is 0 Å². The van der Waals surface area contributed by atoms with E-state index in [2.05, 4.69) is 33.0 Å². The molecule has 144 valence electrons. The number of nitrogens with one attached hydrogen (secondary N) is 2. The van der Waals surface area contributed by atoms with Crippen LogP contribution in [0.15, 0.2) is 17.5 Å². The molecule has 25 heavy (non-hydrogen) atoms. The molecule has 4 nitrogen and oxygen atoms in total. The number of carbonyl (C=O) groups is 1. The van der Waals surface area contributed by atoms with Crippen LogP contribution in [0.2, 0.25) is 0 Å². The maximum absolute atomic E-state index is 13.1. The van der Waals surface area contributed by atoms with Gasteiger partial charge in [0, 0.05) is 24.4 Å². The number of likely N-dealkylation sites (tertiary alicyclic amines) is 1. The number of piperidine rings is 1. The van der Waals surface area contributed by atoms with Crippen molar-refractivity contribution in [2.75, 3.05) is 26.2 Å². The Balaban J connectivity index is 0.00000156. The molecule has 9 heteroatoms. The standard InChI is InChI=1S/C16H23F2N3OS.2ClH/c17-16(18)8-14(20-11-16)15(22)19-9-12-3-5-21(6-4-12)10-13-2-1-7-23-13;;/h1-2,7,12,14,20H,3-6,8-11H2,(H,19,22);2*1H. The third-order valence-electron chi connectivity index (χ3n) is 4.66. The summed E-state index contributed by atoms with van der Waals surface area (Å²) >= 11 is 1.78. The third-order valence-corrected chi connectivity index (χ3v) is 5.52. The van der Waals surface area contributed by atoms with Crippen LogP contribution >= 0.6 is 36.2 Å². The van der Waals surface area contributed by atoms with Crippen molar-refractivity contribution >= 4 is 42.1 Å². The van der Waals surface area contributed by atoms with Crippen molar-refractivity contribution < 1.29 is 13.6 Å². The lowest BCUT2D eigenvalue weighted by Crippen LogP contribution is -2.44. The molecule has 3 rings (SSSR count). The predicted molar refractivity (Wildman–Crippen MR) is 101 cm³/mol. The van der Waals surface area contributed by atoms with Crippen LogP contribution in [-0.4, -0.2) is 49.0 Å². The van der Waals surface area contributed by atoms with Gasteiger partial charge in [0.1, 0.15) is 0 Å². The van der Waals surface area contributed by atoms with Crippen molar-refractivity contribution in [3.63, 3.8) is 0 Å². The fourth-order valence-electron chi connectivity index (χ4n) is 3.24. The van der Waals surface area contributed by atoms with E-state index in [4.69, 9.17) is 0 Å². The highest BCUT2D eigenvalue weighted by Crippen LogP contribution is 2.25. The minimum Gasteiger partial charge on any atom is -0.354 e. The molecule has 1 aromatic rings. The number of hydrogen-bond acceptors (Lipinski definition) is 4. The van der Waals surface area contributed by atoms with Crippen molar-refractivity contribution in [1.82, 2.24) is 15.5 Å². The topological polar surface area (TPSA) is 44.4 Å². The number of halogens is 4. The highest BCUT2D eigenvalue weighted by Gasteiger charge is 2.42. The van der Waals surface area contributed by atoms with Crippen LogP contribution in [0, 0.1) is 5.92 Å². The van der Waals surface area contributed by atoms with Crippen molar-refractivity contribution in [2.24, 2.45) is 5.92 Å². The highest BCUT2D eigenvalue weighted by atomic mass is 35.5. The number of hydrogen-bond donors (Lipinski definition) is 2. The van der Waals surface area contributed by atoms with Crippen LogP contribution in [0.5, 0.6) is 0 Å². The molecule has 0 bridgehead atoms. The molecule has 0 spiro atoms. The summed E-state index contributed by atoms with van der Waals surface area (Å²) < 4.78 is 26.2. The van der Waals surface area contributed by atoms with Gasteiger partial charge in [0.25, 0.3) is 5.92 Å². The second kappa shape index (κ2) is 10.0. The molecule has 2 aliphatic heterocycles. The van der Waals surface area contributed by atoms with Gasteiger partial charge in [-0.15, -0.1) is 36.2 Å². The molecule has 0 saturated carbocycles. The Hall–Kier alpha value is -0.470. The maximum Gasteiger partial charge on any atom is 0.262 e. The van der Waals surface area contributed by atoms with Gasteiger partial charge in [-0.1, -0.05) is 6.07 Å². The molecular weight excluding hydrogens is 391 g/mol. The Morgan fingerprint density at radius 1 is 1.36 bits per heavy atom. The summed E-state index contributed by atoms with van der Waals surface area (Å²) in [7, 11) is 0. The van der Waals surface area contributed by atoms with Gasteiger partial charge in [-0.2, -0.15) is 0 Å². The lowest BCUT2D eigenvalue weighted by atomic mass is 9.96. The largest absolute Gasteiger partial charge is 0.354 e. The normalized spacial score (nSPS) is 23.5. The molecule has 0 aromatic carbocycles. The summed E-state index contributed by atoms with van der Waals surface area (Å²) in [6, 6.07) is 3.48. The molecule has 2 saturated heterocycles. The minimum atomic E-state index is -2.75. The van der Waals surface area contributed by atoms with Gasteiger partial charge in [-0.05, 0) is 43.3 Å². The Morgan fingerprint density at radius 3 is 2.64 bits per heavy atom. The highest BCUT2D eigenvalue weighted by molar-refractivity contribution is 7.09. The van der Waals surface area contributed by atoms with Gasteiger partial charge in [-0.25, -0.2) is 8.78 Å². The van der Waals surface area contributed by atoms with Crippen LogP contribution in [0.1, 0.15) is 24.1 Å². The Bertz CT molecular complexity index is 525. The van der Waals surface area contributed by atoms with E-state index in [1.54, 1.807) is 11.3 Å². The summed E-state index contributed by atoms with van der Waals surface area (Å²) in [4.78, 5) is 15.7. The van der Waals surface area contributed by atoms with E-state index in [0.717, 1.165) is 32.5 Å². The third kappa shape index (κ3) is 6.64. The van der Waals surface area contributed by atoms with Gasteiger partial charge in [0.15, 0.2) is 0 Å². The molecule has 1 amide bonds. The molecule has 2 N–H and O–H groups in total. The average Bonchev–Trinajstić information content (AvgIpc) is 3.15. The first kappa shape index (κ1) is 22.6. The first-order chi connectivity index (χ1) is 11.0. The predicted octanol–water partition coefficient (Wildman–Crippen LogP) is 2.92. The van der Waals surface area contributed by atoms with Crippen LogP contribution in [0.4, 0.5) is 8.78 Å². The van der Waals surface area contributed by atoms with Gasteiger partial charge < -0.3 is 5.32 Å². The Kier molecular flexibility index (Phi) is 9.04. The van der Waals surface area contributed by atoms with E-state index in [1.807, 2.05) is 0 Å². The number of rotatable bonds is 5. The van der Waals surface area contributed by atoms with Crippen LogP contribution in [0.25, 0.3) is 0 Å². The molecule has 0 radical (unpaired) electrons. The second-order valence-electron chi connectivity index (χ2n) is 6.54. The smallest absolute Gasteiger partial charge is 0.262 e. The summed E-state index contributed by atoms with van der Waals surface area (Å²) in [5.74, 6) is -2.60. The Morgan fingerprint density at radius 2 is 2.08 bits per heavy atom. The maximum atomic E-state index is 13.1. The van der Waals surface area contributed by atoms with E-state index in [0.29, 0.717) is 12.5 Å². The van der Waals surface area contributed by atoms with Crippen molar-refractivity contribution in [3.05, 3.63) is 22.4 Å². The van der Waals surface area contributed by atoms with Gasteiger partial charge >= 0.3 is 0 Å². The summed E-state index contributed by atoms with van der Waals surface area (Å²) in [6.07, 6.45) is 1.69. The Labute approximate surface area is 163 Å². The number of alkyl halides is 2. The van der Waals surface area contributed by atoms with Crippen LogP contribution in [-0.2, 0) is 11.3 Å². The van der Waals surface area contributed by atoms with Gasteiger partial charge in [0.2, 0.25) is 5.91 Å². The number of nitrogens with zero attached hydrogens (tertiary/aromatic N) is 1. The number of thiophene rings is 1. The first-order valence-corrected chi connectivity index (χ1v) is 9.03. The summed E-state index contributed by atoms with van der Waals surface area (Å²) in [5, 5.41) is 7.53. The molecule has 2 fully saturated rings. The SMILES string of the molecule is Cl.Cl.O=C(NCC1CCN(Cc2cccs2)CC1)C1CC(F)(F)CN1. The molecule has 2 aliphatic rings. The van der Waals surface area contributed by atoms with E-state index in [1.165, 1.54) is 4.88 Å². The van der Waals surface area contributed by atoms with E-state index < -0.39 is 24.9 Å². The number of carbonyl (C=O) groups excluding carboxylic acids is 1. The lowest BCUT2D eigenvalue weighted by Gasteiger charge is -2.31. The van der Waals surface area contributed by atoms with Crippen molar-refractivity contribution in [3.8, 4) is 0 Å². The molecule has 1 unspecified atom stereocenters. The van der Waals surface area contributed by atoms with E-state index >= 15 is 0 Å². The molecule has 3 heterocycles. The second-order valence-corrected chi connectivity index (χ2v) is 7.57. The van der Waals surface area contributed by atoms with Crippen molar-refractivity contribution in [2.45, 2.75) is 37.8 Å². The molecule has 0 aliphatic carbocycles. The fraction of sp³-hybridized carbons (Fsp3) is 0.688. The minimum absolute atomic E-state index is 0. The average molecular weight is 416 g/mol.